The Kier molecular flexibility index (Phi) is 6.49. The molecule has 1 aromatic rings. The molecule has 0 bridgehead atoms. The van der Waals surface area contributed by atoms with Gasteiger partial charge in [0, 0.05) is 17.7 Å². The second-order valence-electron chi connectivity index (χ2n) is 4.74. The lowest BCUT2D eigenvalue weighted by molar-refractivity contribution is -0.355. The number of benzene rings is 1. The monoisotopic (exact) mass is 362 g/mol. The first kappa shape index (κ1) is 19.8. The van der Waals surface area contributed by atoms with E-state index in [0.29, 0.717) is 5.56 Å². The number of rotatable bonds is 7. The Labute approximate surface area is 132 Å². The van der Waals surface area contributed by atoms with Crippen molar-refractivity contribution >= 4 is 16.9 Å². The molecule has 0 aliphatic carbocycles. The van der Waals surface area contributed by atoms with Crippen LogP contribution in [0.15, 0.2) is 30.3 Å². The molecule has 0 aliphatic rings. The molecule has 0 aliphatic heterocycles. The van der Waals surface area contributed by atoms with Gasteiger partial charge in [-0.2, -0.15) is 30.7 Å². The molecule has 0 spiro atoms. The SMILES string of the molecule is O=C(SCCCCC(F)(F)C(F)(F)C(F)(F)F)c1ccccc1. The highest BCUT2D eigenvalue weighted by atomic mass is 32.2. The third-order valence-electron chi connectivity index (χ3n) is 2.94. The lowest BCUT2D eigenvalue weighted by Crippen LogP contribution is -2.51. The van der Waals surface area contributed by atoms with Crippen LogP contribution in [0, 0.1) is 0 Å². The third-order valence-corrected chi connectivity index (χ3v) is 3.93. The van der Waals surface area contributed by atoms with Crippen LogP contribution in [0.4, 0.5) is 30.7 Å². The molecule has 1 nitrogen and oxygen atoms in total. The maximum atomic E-state index is 13.0. The summed E-state index contributed by atoms with van der Waals surface area (Å²) in [5, 5.41) is -0.321. The van der Waals surface area contributed by atoms with Crippen molar-refractivity contribution < 1.29 is 35.5 Å². The van der Waals surface area contributed by atoms with Gasteiger partial charge >= 0.3 is 18.0 Å². The van der Waals surface area contributed by atoms with Gasteiger partial charge in [-0.1, -0.05) is 42.1 Å². The van der Waals surface area contributed by atoms with Crippen LogP contribution in [0.2, 0.25) is 0 Å². The fraction of sp³-hybridized carbons (Fsp3) is 0.500. The summed E-state index contributed by atoms with van der Waals surface area (Å²) in [7, 11) is 0. The summed E-state index contributed by atoms with van der Waals surface area (Å²) in [4.78, 5) is 11.6. The fourth-order valence-corrected chi connectivity index (χ4v) is 2.47. The van der Waals surface area contributed by atoms with Crippen LogP contribution in [0.25, 0.3) is 0 Å². The number of hydrogen-bond donors (Lipinski definition) is 0. The van der Waals surface area contributed by atoms with Crippen LogP contribution < -0.4 is 0 Å². The second-order valence-corrected chi connectivity index (χ2v) is 5.80. The van der Waals surface area contributed by atoms with Crippen LogP contribution in [0.3, 0.4) is 0 Å². The average molecular weight is 362 g/mol. The lowest BCUT2D eigenvalue weighted by Gasteiger charge is -2.28. The van der Waals surface area contributed by atoms with Gasteiger partial charge in [-0.05, 0) is 12.8 Å². The minimum atomic E-state index is -6.30. The Morgan fingerprint density at radius 2 is 1.48 bits per heavy atom. The summed E-state index contributed by atoms with van der Waals surface area (Å²) in [6.07, 6.45) is -8.52. The summed E-state index contributed by atoms with van der Waals surface area (Å²) in [6.45, 7) is 0. The minimum absolute atomic E-state index is 0.0569. The summed E-state index contributed by atoms with van der Waals surface area (Å²) in [5.41, 5.74) is 0.395. The molecule has 0 fully saturated rings. The van der Waals surface area contributed by atoms with Crippen molar-refractivity contribution in [3.8, 4) is 0 Å². The summed E-state index contributed by atoms with van der Waals surface area (Å²) in [6, 6.07) is 8.06. The van der Waals surface area contributed by atoms with Gasteiger partial charge in [-0.3, -0.25) is 4.79 Å². The van der Waals surface area contributed by atoms with E-state index >= 15 is 0 Å². The molecule has 0 saturated carbocycles. The number of carbonyl (C=O) groups is 1. The zero-order chi connectivity index (χ0) is 17.7. The first-order valence-electron chi connectivity index (χ1n) is 6.53. The van der Waals surface area contributed by atoms with Gasteiger partial charge in [0.15, 0.2) is 0 Å². The highest BCUT2D eigenvalue weighted by Gasteiger charge is 2.72. The van der Waals surface area contributed by atoms with Gasteiger partial charge in [0.25, 0.3) is 0 Å². The summed E-state index contributed by atoms with van der Waals surface area (Å²) < 4.78 is 87.0. The van der Waals surface area contributed by atoms with Crippen molar-refractivity contribution in [1.29, 1.82) is 0 Å². The minimum Gasteiger partial charge on any atom is -0.282 e. The maximum absolute atomic E-state index is 13.0. The summed E-state index contributed by atoms with van der Waals surface area (Å²) in [5.74, 6) is -11.2. The zero-order valence-electron chi connectivity index (χ0n) is 11.7. The molecular weight excluding hydrogens is 349 g/mol. The number of hydrogen-bond acceptors (Lipinski definition) is 2. The molecule has 23 heavy (non-hydrogen) atoms. The Morgan fingerprint density at radius 3 is 2.00 bits per heavy atom. The van der Waals surface area contributed by atoms with Gasteiger partial charge in [0.1, 0.15) is 0 Å². The quantitative estimate of drug-likeness (QED) is 0.466. The van der Waals surface area contributed by atoms with E-state index in [9.17, 15) is 35.5 Å². The van der Waals surface area contributed by atoms with E-state index in [1.54, 1.807) is 30.3 Å². The molecule has 1 rings (SSSR count). The van der Waals surface area contributed by atoms with Crippen molar-refractivity contribution in [2.75, 3.05) is 5.75 Å². The van der Waals surface area contributed by atoms with Gasteiger partial charge < -0.3 is 0 Å². The van der Waals surface area contributed by atoms with E-state index in [-0.39, 0.29) is 17.3 Å². The Bertz CT molecular complexity index is 514. The second kappa shape index (κ2) is 7.55. The first-order chi connectivity index (χ1) is 10.5. The van der Waals surface area contributed by atoms with E-state index in [2.05, 4.69) is 0 Å². The zero-order valence-corrected chi connectivity index (χ0v) is 12.5. The van der Waals surface area contributed by atoms with E-state index in [0.717, 1.165) is 11.8 Å². The van der Waals surface area contributed by atoms with Crippen LogP contribution in [0.5, 0.6) is 0 Å². The molecule has 0 radical (unpaired) electrons. The van der Waals surface area contributed by atoms with E-state index < -0.39 is 30.9 Å². The molecule has 130 valence electrons. The smallest absolute Gasteiger partial charge is 0.282 e. The number of carbonyl (C=O) groups excluding carboxylic acids is 1. The third kappa shape index (κ3) is 5.12. The van der Waals surface area contributed by atoms with E-state index in [4.69, 9.17) is 0 Å². The predicted octanol–water partition coefficient (Wildman–Crippen LogP) is 5.56. The highest BCUT2D eigenvalue weighted by molar-refractivity contribution is 8.14. The molecule has 9 heteroatoms. The average Bonchev–Trinajstić information content (AvgIpc) is 2.46. The molecule has 0 unspecified atom stereocenters. The van der Waals surface area contributed by atoms with Crippen molar-refractivity contribution in [2.24, 2.45) is 0 Å². The standard InChI is InChI=1S/C14H13F7OS/c15-12(16,13(17,18)14(19,20)21)8-4-5-9-23-11(22)10-6-2-1-3-7-10/h1-3,6-7H,4-5,8-9H2. The van der Waals surface area contributed by atoms with Crippen molar-refractivity contribution in [1.82, 2.24) is 0 Å². The number of thioether (sulfide) groups is 1. The van der Waals surface area contributed by atoms with E-state index in [1.165, 1.54) is 0 Å². The molecule has 1 aromatic carbocycles. The lowest BCUT2D eigenvalue weighted by atomic mass is 10.0. The largest absolute Gasteiger partial charge is 0.459 e. The first-order valence-corrected chi connectivity index (χ1v) is 7.52. The summed E-state index contributed by atoms with van der Waals surface area (Å²) >= 11 is 0.800. The topological polar surface area (TPSA) is 17.1 Å². The van der Waals surface area contributed by atoms with Crippen molar-refractivity contribution in [3.63, 3.8) is 0 Å². The predicted molar refractivity (Wildman–Crippen MR) is 73.0 cm³/mol. The van der Waals surface area contributed by atoms with Crippen LogP contribution >= 0.6 is 11.8 Å². The fourth-order valence-electron chi connectivity index (χ4n) is 1.64. The van der Waals surface area contributed by atoms with Gasteiger partial charge in [-0.25, -0.2) is 0 Å². The van der Waals surface area contributed by atoms with Crippen molar-refractivity contribution in [3.05, 3.63) is 35.9 Å². The Hall–Kier alpha value is -1.25. The highest BCUT2D eigenvalue weighted by Crippen LogP contribution is 2.48. The van der Waals surface area contributed by atoms with E-state index in [1.807, 2.05) is 0 Å². The molecular formula is C14H13F7OS. The Morgan fingerprint density at radius 1 is 0.913 bits per heavy atom. The van der Waals surface area contributed by atoms with Gasteiger partial charge in [0.2, 0.25) is 5.12 Å². The van der Waals surface area contributed by atoms with Gasteiger partial charge in [0.05, 0.1) is 0 Å². The van der Waals surface area contributed by atoms with Gasteiger partial charge in [-0.15, -0.1) is 0 Å². The molecule has 0 amide bonds. The molecule has 0 heterocycles. The maximum Gasteiger partial charge on any atom is 0.459 e. The van der Waals surface area contributed by atoms with Crippen LogP contribution in [-0.2, 0) is 0 Å². The molecule has 0 N–H and O–H groups in total. The number of unbranched alkanes of at least 4 members (excludes halogenated alkanes) is 1. The normalized spacial score (nSPS) is 13.2. The molecule has 0 aromatic heterocycles. The van der Waals surface area contributed by atoms with Crippen LogP contribution in [-0.4, -0.2) is 28.9 Å². The molecule has 0 saturated heterocycles. The Balaban J connectivity index is 2.39. The number of halogens is 7. The van der Waals surface area contributed by atoms with Crippen LogP contribution in [0.1, 0.15) is 29.6 Å². The molecule has 0 atom stereocenters. The number of alkyl halides is 7. The van der Waals surface area contributed by atoms with Crippen molar-refractivity contribution in [2.45, 2.75) is 37.3 Å².